The summed E-state index contributed by atoms with van der Waals surface area (Å²) in [5.74, 6) is 0.0704. The molecule has 29 heavy (non-hydrogen) atoms. The topological polar surface area (TPSA) is 81.2 Å². The van der Waals surface area contributed by atoms with E-state index in [2.05, 4.69) is 5.32 Å². The van der Waals surface area contributed by atoms with Crippen molar-refractivity contribution in [2.75, 3.05) is 5.32 Å². The number of benzene rings is 2. The van der Waals surface area contributed by atoms with E-state index < -0.39 is 11.7 Å². The number of aryl methyl sites for hydroxylation is 1. The molecule has 0 aliphatic carbocycles. The Morgan fingerprint density at radius 3 is 2.62 bits per heavy atom. The third kappa shape index (κ3) is 2.37. The van der Waals surface area contributed by atoms with Gasteiger partial charge in [-0.05, 0) is 30.3 Å². The highest BCUT2D eigenvalue weighted by atomic mass is 35.5. The lowest BCUT2D eigenvalue weighted by Gasteiger charge is -2.30. The van der Waals surface area contributed by atoms with Crippen LogP contribution >= 0.6 is 11.6 Å². The molecule has 1 aliphatic heterocycles. The first kappa shape index (κ1) is 17.6. The van der Waals surface area contributed by atoms with Crippen molar-refractivity contribution in [2.45, 2.75) is 6.04 Å². The predicted octanol–water partition coefficient (Wildman–Crippen LogP) is 2.90. The number of phenolic OH excluding ortho intramolecular Hbond substituents is 1. The van der Waals surface area contributed by atoms with Crippen molar-refractivity contribution in [2.24, 2.45) is 14.1 Å². The van der Waals surface area contributed by atoms with Crippen LogP contribution in [0.15, 0.2) is 58.3 Å². The summed E-state index contributed by atoms with van der Waals surface area (Å²) < 4.78 is 4.47. The van der Waals surface area contributed by atoms with Gasteiger partial charge in [0.1, 0.15) is 5.75 Å². The highest BCUT2D eigenvalue weighted by molar-refractivity contribution is 6.30. The molecule has 2 aromatic heterocycles. The molecule has 0 amide bonds. The number of para-hydroxylation sites is 2. The normalized spacial score (nSPS) is 15.1. The summed E-state index contributed by atoms with van der Waals surface area (Å²) in [6, 6.07) is 12.0. The fourth-order valence-electron chi connectivity index (χ4n) is 4.10. The summed E-state index contributed by atoms with van der Waals surface area (Å²) in [5.41, 5.74) is 2.68. The second-order valence-electron chi connectivity index (χ2n) is 7.15. The molecule has 1 unspecified atom stereocenters. The summed E-state index contributed by atoms with van der Waals surface area (Å²) >= 11 is 6.20. The molecular formula is C21H17ClN4O3. The molecule has 2 aromatic carbocycles. The van der Waals surface area contributed by atoms with Crippen LogP contribution in [0.3, 0.4) is 0 Å². The van der Waals surface area contributed by atoms with Crippen LogP contribution < -0.4 is 16.6 Å². The molecular weight excluding hydrogens is 392 g/mol. The van der Waals surface area contributed by atoms with Crippen LogP contribution in [0.2, 0.25) is 5.02 Å². The molecule has 0 fully saturated rings. The zero-order valence-electron chi connectivity index (χ0n) is 15.7. The van der Waals surface area contributed by atoms with E-state index in [4.69, 9.17) is 11.6 Å². The lowest BCUT2D eigenvalue weighted by molar-refractivity contribution is 0.465. The van der Waals surface area contributed by atoms with E-state index in [0.717, 1.165) is 15.9 Å². The number of phenols is 1. The number of fused-ring (bicyclic) bond motifs is 5. The van der Waals surface area contributed by atoms with Crippen LogP contribution in [0, 0.1) is 0 Å². The van der Waals surface area contributed by atoms with Crippen LogP contribution in [-0.4, -0.2) is 18.8 Å². The van der Waals surface area contributed by atoms with E-state index >= 15 is 0 Å². The van der Waals surface area contributed by atoms with Gasteiger partial charge in [-0.2, -0.15) is 0 Å². The number of halogens is 1. The van der Waals surface area contributed by atoms with Crippen molar-refractivity contribution in [1.29, 1.82) is 0 Å². The largest absolute Gasteiger partial charge is 0.508 e. The van der Waals surface area contributed by atoms with E-state index in [1.54, 1.807) is 25.4 Å². The van der Waals surface area contributed by atoms with E-state index in [9.17, 15) is 14.7 Å². The second-order valence-corrected chi connectivity index (χ2v) is 7.59. The van der Waals surface area contributed by atoms with Crippen LogP contribution in [0.5, 0.6) is 5.75 Å². The maximum absolute atomic E-state index is 12.8. The van der Waals surface area contributed by atoms with Crippen molar-refractivity contribution in [3.8, 4) is 11.4 Å². The van der Waals surface area contributed by atoms with Gasteiger partial charge in [0, 0.05) is 30.9 Å². The quantitative estimate of drug-likeness (QED) is 0.507. The minimum Gasteiger partial charge on any atom is -0.508 e. The van der Waals surface area contributed by atoms with Gasteiger partial charge in [0.25, 0.3) is 5.56 Å². The minimum absolute atomic E-state index is 0.0704. The van der Waals surface area contributed by atoms with Gasteiger partial charge in [0.2, 0.25) is 0 Å². The van der Waals surface area contributed by atoms with Crippen molar-refractivity contribution >= 4 is 28.2 Å². The first-order valence-electron chi connectivity index (χ1n) is 9.04. The first-order chi connectivity index (χ1) is 13.9. The Balaban J connectivity index is 1.96. The van der Waals surface area contributed by atoms with Crippen LogP contribution in [0.1, 0.15) is 17.3 Å². The zero-order valence-corrected chi connectivity index (χ0v) is 16.4. The fourth-order valence-corrected chi connectivity index (χ4v) is 4.28. The molecule has 5 rings (SSSR count). The number of rotatable bonds is 1. The Hall–Kier alpha value is -3.45. The van der Waals surface area contributed by atoms with Crippen molar-refractivity contribution in [3.05, 3.63) is 85.8 Å². The number of anilines is 1. The number of nitrogens with zero attached hydrogens (tertiary/aromatic N) is 3. The van der Waals surface area contributed by atoms with Crippen LogP contribution in [0.25, 0.3) is 16.6 Å². The second kappa shape index (κ2) is 6.02. The first-order valence-corrected chi connectivity index (χ1v) is 9.41. The summed E-state index contributed by atoms with van der Waals surface area (Å²) in [6.45, 7) is 0. The standard InChI is InChI=1S/C21H17ClN4O3/c1-24-18-13(20(28)25(2)21(24)29)10-26-15-6-4-3-5-14(15)23-17(19(18)26)12-9-11(22)7-8-16(12)27/h3-10,17,23,27H,1-2H3. The van der Waals surface area contributed by atoms with Gasteiger partial charge in [-0.15, -0.1) is 0 Å². The summed E-state index contributed by atoms with van der Waals surface area (Å²) in [4.78, 5) is 25.5. The average Bonchev–Trinajstić information content (AvgIpc) is 3.13. The predicted molar refractivity (Wildman–Crippen MR) is 112 cm³/mol. The lowest BCUT2D eigenvalue weighted by Crippen LogP contribution is -2.37. The highest BCUT2D eigenvalue weighted by Crippen LogP contribution is 2.43. The number of hydrogen-bond acceptors (Lipinski definition) is 4. The maximum atomic E-state index is 12.8. The van der Waals surface area contributed by atoms with Gasteiger partial charge in [-0.25, -0.2) is 4.79 Å². The van der Waals surface area contributed by atoms with E-state index in [-0.39, 0.29) is 11.3 Å². The molecule has 2 N–H and O–H groups in total. The smallest absolute Gasteiger partial charge is 0.331 e. The average molecular weight is 409 g/mol. The Kier molecular flexibility index (Phi) is 3.66. The summed E-state index contributed by atoms with van der Waals surface area (Å²) in [6.07, 6.45) is 1.75. The van der Waals surface area contributed by atoms with Gasteiger partial charge in [-0.1, -0.05) is 23.7 Å². The summed E-state index contributed by atoms with van der Waals surface area (Å²) in [5, 5.41) is 14.9. The Bertz CT molecular complexity index is 1430. The van der Waals surface area contributed by atoms with Crippen LogP contribution in [-0.2, 0) is 14.1 Å². The van der Waals surface area contributed by atoms with E-state index in [0.29, 0.717) is 27.2 Å². The van der Waals surface area contributed by atoms with Crippen molar-refractivity contribution in [3.63, 3.8) is 0 Å². The van der Waals surface area contributed by atoms with E-state index in [1.807, 2.05) is 28.8 Å². The molecule has 8 heteroatoms. The molecule has 1 atom stereocenters. The monoisotopic (exact) mass is 408 g/mol. The zero-order chi connectivity index (χ0) is 20.4. The minimum atomic E-state index is -0.515. The fraction of sp³-hybridized carbons (Fsp3) is 0.143. The lowest BCUT2D eigenvalue weighted by atomic mass is 9.98. The summed E-state index contributed by atoms with van der Waals surface area (Å²) in [7, 11) is 3.10. The number of hydrogen-bond donors (Lipinski definition) is 2. The molecule has 0 spiro atoms. The Labute approximate surface area is 170 Å². The molecule has 0 saturated heterocycles. The van der Waals surface area contributed by atoms with Crippen molar-refractivity contribution < 1.29 is 5.11 Å². The number of aromatic hydroxyl groups is 1. The van der Waals surface area contributed by atoms with Crippen molar-refractivity contribution in [1.82, 2.24) is 13.7 Å². The molecule has 7 nitrogen and oxygen atoms in total. The molecule has 4 aromatic rings. The Morgan fingerprint density at radius 2 is 1.83 bits per heavy atom. The molecule has 1 aliphatic rings. The van der Waals surface area contributed by atoms with Gasteiger partial charge in [0.15, 0.2) is 0 Å². The van der Waals surface area contributed by atoms with E-state index in [1.165, 1.54) is 17.7 Å². The van der Waals surface area contributed by atoms with Gasteiger partial charge in [0.05, 0.1) is 34.0 Å². The molecule has 3 heterocycles. The third-order valence-electron chi connectivity index (χ3n) is 5.50. The molecule has 0 saturated carbocycles. The highest BCUT2D eigenvalue weighted by Gasteiger charge is 2.32. The maximum Gasteiger partial charge on any atom is 0.331 e. The Morgan fingerprint density at radius 1 is 1.07 bits per heavy atom. The number of nitrogens with one attached hydrogen (secondary N) is 1. The third-order valence-corrected chi connectivity index (χ3v) is 5.73. The van der Waals surface area contributed by atoms with Gasteiger partial charge < -0.3 is 15.0 Å². The SMILES string of the molecule is Cn1c(=O)c2cn3c(c2n(C)c1=O)C(c1cc(Cl)ccc1O)Nc1ccccc1-3. The van der Waals surface area contributed by atoms with Gasteiger partial charge >= 0.3 is 5.69 Å². The number of aromatic nitrogens is 3. The van der Waals surface area contributed by atoms with Gasteiger partial charge in [-0.3, -0.25) is 13.9 Å². The molecule has 0 radical (unpaired) electrons. The van der Waals surface area contributed by atoms with Crippen LogP contribution in [0.4, 0.5) is 5.69 Å². The molecule has 0 bridgehead atoms. The molecule has 146 valence electrons.